The monoisotopic (exact) mass is 285 g/mol. The average molecular weight is 285 g/mol. The molecule has 0 spiro atoms. The van der Waals surface area contributed by atoms with Gasteiger partial charge in [-0.15, -0.1) is 0 Å². The summed E-state index contributed by atoms with van der Waals surface area (Å²) in [6.45, 7) is 10.2. The van der Waals surface area contributed by atoms with Crippen LogP contribution in [-0.2, 0) is 6.54 Å². The van der Waals surface area contributed by atoms with Gasteiger partial charge in [-0.3, -0.25) is 4.98 Å². The summed E-state index contributed by atoms with van der Waals surface area (Å²) in [6.07, 6.45) is 3.58. The van der Waals surface area contributed by atoms with Crippen molar-refractivity contribution in [2.75, 3.05) is 6.54 Å². The van der Waals surface area contributed by atoms with Crippen molar-refractivity contribution in [3.05, 3.63) is 47.4 Å². The minimum absolute atomic E-state index is 0.633. The van der Waals surface area contributed by atoms with Crippen LogP contribution in [0.25, 0.3) is 0 Å². The SMILES string of the molecule is Cc1ccc(Oc2ncc(CNCC(C)C)cc2C)cn1. The predicted molar refractivity (Wildman–Crippen MR) is 84.6 cm³/mol. The number of aromatic nitrogens is 2. The lowest BCUT2D eigenvalue weighted by atomic mass is 10.2. The summed E-state index contributed by atoms with van der Waals surface area (Å²) < 4.78 is 5.77. The normalized spacial score (nSPS) is 10.9. The number of aryl methyl sites for hydroxylation is 2. The minimum atomic E-state index is 0.633. The van der Waals surface area contributed by atoms with Crippen molar-refractivity contribution >= 4 is 0 Å². The van der Waals surface area contributed by atoms with E-state index in [0.717, 1.165) is 24.3 Å². The zero-order valence-corrected chi connectivity index (χ0v) is 13.2. The molecule has 0 aromatic carbocycles. The molecule has 2 aromatic rings. The van der Waals surface area contributed by atoms with Crippen LogP contribution in [0.4, 0.5) is 0 Å². The smallest absolute Gasteiger partial charge is 0.222 e. The molecular weight excluding hydrogens is 262 g/mol. The highest BCUT2D eigenvalue weighted by molar-refractivity contribution is 5.32. The summed E-state index contributed by atoms with van der Waals surface area (Å²) in [5.74, 6) is 1.99. The number of hydrogen-bond acceptors (Lipinski definition) is 4. The third-order valence-electron chi connectivity index (χ3n) is 3.07. The topological polar surface area (TPSA) is 47.0 Å². The van der Waals surface area contributed by atoms with E-state index in [1.54, 1.807) is 6.20 Å². The van der Waals surface area contributed by atoms with E-state index < -0.39 is 0 Å². The van der Waals surface area contributed by atoms with Crippen LogP contribution in [0, 0.1) is 19.8 Å². The lowest BCUT2D eigenvalue weighted by molar-refractivity contribution is 0.455. The van der Waals surface area contributed by atoms with Crippen molar-refractivity contribution in [3.8, 4) is 11.6 Å². The minimum Gasteiger partial charge on any atom is -0.437 e. The number of ether oxygens (including phenoxy) is 1. The fourth-order valence-electron chi connectivity index (χ4n) is 1.96. The van der Waals surface area contributed by atoms with Crippen molar-refractivity contribution in [3.63, 3.8) is 0 Å². The van der Waals surface area contributed by atoms with E-state index in [1.165, 1.54) is 5.56 Å². The summed E-state index contributed by atoms with van der Waals surface area (Å²) in [5, 5.41) is 3.41. The van der Waals surface area contributed by atoms with Gasteiger partial charge in [-0.1, -0.05) is 13.8 Å². The van der Waals surface area contributed by atoms with Crippen LogP contribution in [0.3, 0.4) is 0 Å². The van der Waals surface area contributed by atoms with Gasteiger partial charge in [-0.05, 0) is 50.1 Å². The Hall–Kier alpha value is -1.94. The second kappa shape index (κ2) is 7.18. The van der Waals surface area contributed by atoms with E-state index in [2.05, 4.69) is 35.2 Å². The van der Waals surface area contributed by atoms with Crippen molar-refractivity contribution in [2.45, 2.75) is 34.2 Å². The van der Waals surface area contributed by atoms with Gasteiger partial charge in [0.15, 0.2) is 0 Å². The molecular formula is C17H23N3O. The molecule has 112 valence electrons. The second-order valence-electron chi connectivity index (χ2n) is 5.73. The van der Waals surface area contributed by atoms with Gasteiger partial charge >= 0.3 is 0 Å². The first-order valence-electron chi connectivity index (χ1n) is 7.31. The van der Waals surface area contributed by atoms with Crippen LogP contribution in [0.5, 0.6) is 11.6 Å². The average Bonchev–Trinajstić information content (AvgIpc) is 2.44. The number of nitrogens with one attached hydrogen (secondary N) is 1. The van der Waals surface area contributed by atoms with E-state index >= 15 is 0 Å². The fraction of sp³-hybridized carbons (Fsp3) is 0.412. The molecule has 2 rings (SSSR count). The van der Waals surface area contributed by atoms with Crippen LogP contribution >= 0.6 is 0 Å². The van der Waals surface area contributed by atoms with E-state index in [1.807, 2.05) is 32.2 Å². The number of pyridine rings is 2. The van der Waals surface area contributed by atoms with E-state index in [-0.39, 0.29) is 0 Å². The molecule has 2 heterocycles. The van der Waals surface area contributed by atoms with Gasteiger partial charge in [0, 0.05) is 24.0 Å². The maximum absolute atomic E-state index is 5.77. The molecule has 0 unspecified atom stereocenters. The Morgan fingerprint density at radius 1 is 1.14 bits per heavy atom. The lowest BCUT2D eigenvalue weighted by Crippen LogP contribution is -2.19. The van der Waals surface area contributed by atoms with Gasteiger partial charge < -0.3 is 10.1 Å². The summed E-state index contributed by atoms with van der Waals surface area (Å²) in [7, 11) is 0. The molecule has 1 N–H and O–H groups in total. The molecule has 0 atom stereocenters. The predicted octanol–water partition coefficient (Wildman–Crippen LogP) is 3.63. The number of nitrogens with zero attached hydrogens (tertiary/aromatic N) is 2. The molecule has 0 saturated carbocycles. The molecule has 0 aliphatic carbocycles. The van der Waals surface area contributed by atoms with E-state index in [4.69, 9.17) is 4.74 Å². The zero-order valence-electron chi connectivity index (χ0n) is 13.2. The van der Waals surface area contributed by atoms with Gasteiger partial charge in [0.05, 0.1) is 6.20 Å². The molecule has 0 aliphatic rings. The van der Waals surface area contributed by atoms with Crippen LogP contribution in [0.1, 0.15) is 30.7 Å². The highest BCUT2D eigenvalue weighted by Crippen LogP contribution is 2.22. The first-order chi connectivity index (χ1) is 10.0. The molecule has 4 heteroatoms. The van der Waals surface area contributed by atoms with Crippen LogP contribution in [0.15, 0.2) is 30.6 Å². The molecule has 0 bridgehead atoms. The molecule has 0 aliphatic heterocycles. The summed E-state index contributed by atoms with van der Waals surface area (Å²) >= 11 is 0. The van der Waals surface area contributed by atoms with Gasteiger partial charge in [-0.2, -0.15) is 0 Å². The van der Waals surface area contributed by atoms with Crippen molar-refractivity contribution in [1.82, 2.24) is 15.3 Å². The quantitative estimate of drug-likeness (QED) is 0.880. The van der Waals surface area contributed by atoms with Crippen molar-refractivity contribution in [1.29, 1.82) is 0 Å². The van der Waals surface area contributed by atoms with Gasteiger partial charge in [-0.25, -0.2) is 4.98 Å². The maximum Gasteiger partial charge on any atom is 0.222 e. The Bertz CT molecular complexity index is 579. The van der Waals surface area contributed by atoms with Crippen LogP contribution < -0.4 is 10.1 Å². The summed E-state index contributed by atoms with van der Waals surface area (Å²) in [5.41, 5.74) is 3.17. The van der Waals surface area contributed by atoms with Gasteiger partial charge in [0.25, 0.3) is 0 Å². The third kappa shape index (κ3) is 4.83. The number of hydrogen-bond donors (Lipinski definition) is 1. The molecule has 4 nitrogen and oxygen atoms in total. The maximum atomic E-state index is 5.77. The Morgan fingerprint density at radius 3 is 2.57 bits per heavy atom. The Labute approximate surface area is 126 Å². The van der Waals surface area contributed by atoms with E-state index in [9.17, 15) is 0 Å². The molecule has 0 fully saturated rings. The standard InChI is InChI=1S/C17H23N3O/c1-12(2)8-18-9-15-7-13(3)17(20-10-15)21-16-6-5-14(4)19-11-16/h5-7,10-12,18H,8-9H2,1-4H3. The van der Waals surface area contributed by atoms with E-state index in [0.29, 0.717) is 17.5 Å². The largest absolute Gasteiger partial charge is 0.437 e. The highest BCUT2D eigenvalue weighted by atomic mass is 16.5. The molecule has 21 heavy (non-hydrogen) atoms. The molecule has 2 aromatic heterocycles. The van der Waals surface area contributed by atoms with Crippen molar-refractivity contribution < 1.29 is 4.74 Å². The van der Waals surface area contributed by atoms with Crippen molar-refractivity contribution in [2.24, 2.45) is 5.92 Å². The first-order valence-corrected chi connectivity index (χ1v) is 7.31. The number of rotatable bonds is 6. The van der Waals surface area contributed by atoms with Crippen LogP contribution in [0.2, 0.25) is 0 Å². The first kappa shape index (κ1) is 15.4. The highest BCUT2D eigenvalue weighted by Gasteiger charge is 2.05. The summed E-state index contributed by atoms with van der Waals surface area (Å²) in [6, 6.07) is 5.94. The third-order valence-corrected chi connectivity index (χ3v) is 3.07. The Kier molecular flexibility index (Phi) is 5.28. The van der Waals surface area contributed by atoms with Crippen LogP contribution in [-0.4, -0.2) is 16.5 Å². The zero-order chi connectivity index (χ0) is 15.2. The second-order valence-corrected chi connectivity index (χ2v) is 5.73. The molecule has 0 amide bonds. The fourth-order valence-corrected chi connectivity index (χ4v) is 1.96. The molecule has 0 radical (unpaired) electrons. The lowest BCUT2D eigenvalue weighted by Gasteiger charge is -2.10. The van der Waals surface area contributed by atoms with Gasteiger partial charge in [0.2, 0.25) is 5.88 Å². The molecule has 0 saturated heterocycles. The summed E-state index contributed by atoms with van der Waals surface area (Å²) in [4.78, 5) is 8.62. The Morgan fingerprint density at radius 2 is 1.95 bits per heavy atom. The van der Waals surface area contributed by atoms with Gasteiger partial charge in [0.1, 0.15) is 5.75 Å². The Balaban J connectivity index is 2.00.